The normalized spacial score (nSPS) is 29.7. The predicted molar refractivity (Wildman–Crippen MR) is 448 cm³/mol. The number of carboxylic acid groups (broad SMARTS) is 1. The maximum Gasteiger partial charge on any atom is 0.330 e. The lowest BCUT2D eigenvalue weighted by Crippen LogP contribution is -2.65. The van der Waals surface area contributed by atoms with Gasteiger partial charge in [-0.05, 0) is 165 Å². The molecule has 15 rings (SSSR count). The second-order valence-electron chi connectivity index (χ2n) is 33.3. The van der Waals surface area contributed by atoms with Crippen LogP contribution in [0.2, 0.25) is 15.1 Å². The minimum absolute atomic E-state index is 0.0337. The molecule has 0 unspecified atom stereocenters. The SMILES string of the molecule is CN[C@H](CC(C)C)C(=O)N[C@H]1C(=O)N[C@@H](CC(N)=O)C(=O)N[C@H]2C(=O)N[C@H]3C(=O)N[C@H](C(=O)N[C@H](C(=O)O)c4cc(O)cc(O)c4-c4cc3ccc4O)[C@H](O[C@@H]3C[C@@H](C)[C@H](O)[C@@](C)(N)C3)c3ccc(c(Cl)c3)Oc3cc2cc(c3O[C@@H]2O[C@H](CO)[C@@H](O)[C@H](O)[C@H]2O[C@H]2C[C@](C)(NCc3ccc(-c4ccc(Cl)cc4)cc3)[C@@H](O)[C@H](C)O2)Oc2ccc(cc2Cl)[C@H]1O. The van der Waals surface area contributed by atoms with E-state index in [9.17, 15) is 65.4 Å². The van der Waals surface area contributed by atoms with Gasteiger partial charge in [-0.1, -0.05) is 110 Å². The standard InChI is InChI=1S/C87H99Cl3N10O25/c1-36(2)22-53(93-7)78(111)99-68-70(106)43-15-20-57(51(89)25-43)121-59-27-45-28-60(74(59)125-85-75(72(108)71(107)61(35-101)123-85)124-63-33-87(6,77(110)38(4)119-63)94-34-39-8-10-40(11-9-39)41-12-17-46(88)18-13-41)122-58-21-16-44(26-52(58)90)73(120-48-23-37(3)76(109)86(5,92)32-48)69-83(116)98-67(84(117)118)50-29-47(102)30-56(104)64(50)49-24-42(14-19-55(49)103)65(80(113)100-69)97-81(114)66(45)96-79(112)54(31-62(91)105)95-82(68)115/h8-21,24-30,36-38,48,53-54,61,63,65-73,75-77,85,93-94,101-104,106-110H,22-23,31-35,92H2,1-7H3,(H2,91,105)(H,95,115)(H,96,112)(H,97,114)(H,98,116)(H,99,111)(H,100,113)(H,117,118)/t37-,38+,48-,53-,54+,61-,63+,65-,66-,67+,68-,69+,70-,71-,72+,73-,75-,76+,77+,85+,86+,87+/m1/s1. The van der Waals surface area contributed by atoms with Gasteiger partial charge in [0.25, 0.3) is 0 Å². The molecule has 668 valence electrons. The first-order chi connectivity index (χ1) is 59.2. The van der Waals surface area contributed by atoms with Crippen LogP contribution >= 0.6 is 34.8 Å². The van der Waals surface area contributed by atoms with E-state index in [2.05, 4.69) is 42.5 Å². The average Bonchev–Trinajstić information content (AvgIpc) is 0.617. The van der Waals surface area contributed by atoms with Gasteiger partial charge in [-0.3, -0.25) is 33.6 Å². The second kappa shape index (κ2) is 37.9. The Kier molecular flexibility index (Phi) is 28.0. The van der Waals surface area contributed by atoms with Crippen LogP contribution in [-0.2, 0) is 63.8 Å². The minimum Gasteiger partial charge on any atom is -0.508 e. The number of benzene rings is 7. The minimum atomic E-state index is -2.38. The highest BCUT2D eigenvalue weighted by molar-refractivity contribution is 6.32. The molecule has 22 N–H and O–H groups in total. The molecule has 0 aromatic heterocycles. The molecule has 35 nitrogen and oxygen atoms in total. The fourth-order valence-corrected chi connectivity index (χ4v) is 17.3. The molecule has 0 radical (unpaired) electrons. The van der Waals surface area contributed by atoms with E-state index in [0.29, 0.717) is 5.02 Å². The molecule has 7 aromatic rings. The number of hydrogen-bond donors (Lipinski definition) is 20. The highest BCUT2D eigenvalue weighted by Crippen LogP contribution is 2.51. The van der Waals surface area contributed by atoms with Crippen LogP contribution in [0.5, 0.6) is 46.0 Å². The summed E-state index contributed by atoms with van der Waals surface area (Å²) in [5.41, 5.74) is 10.0. The Morgan fingerprint density at radius 3 is 1.89 bits per heavy atom. The molecular formula is C87H99Cl3N10O25. The largest absolute Gasteiger partial charge is 0.508 e. The Bertz CT molecular complexity index is 5250. The third-order valence-electron chi connectivity index (χ3n) is 23.4. The lowest BCUT2D eigenvalue weighted by atomic mass is 9.74. The highest BCUT2D eigenvalue weighted by atomic mass is 35.5. The number of fused-ring (bicyclic) bond motifs is 15. The van der Waals surface area contributed by atoms with Gasteiger partial charge < -0.3 is 138 Å². The Morgan fingerprint density at radius 1 is 0.656 bits per heavy atom. The first-order valence-electron chi connectivity index (χ1n) is 40.4. The number of halogens is 3. The van der Waals surface area contributed by atoms with Crippen molar-refractivity contribution < 1.29 is 123 Å². The molecule has 38 heteroatoms. The average molecular weight is 1790 g/mol. The number of carboxylic acids is 1. The zero-order valence-electron chi connectivity index (χ0n) is 68.6. The van der Waals surface area contributed by atoms with Crippen LogP contribution in [-0.4, -0.2) is 209 Å². The van der Waals surface area contributed by atoms with Crippen LogP contribution in [0, 0.1) is 11.8 Å². The van der Waals surface area contributed by atoms with Gasteiger partial charge in [0.05, 0.1) is 53.5 Å². The van der Waals surface area contributed by atoms with Crippen molar-refractivity contribution in [3.63, 3.8) is 0 Å². The Labute approximate surface area is 731 Å². The van der Waals surface area contributed by atoms with Gasteiger partial charge in [-0.25, -0.2) is 4.79 Å². The maximum atomic E-state index is 16.6. The second-order valence-corrected chi connectivity index (χ2v) is 34.5. The van der Waals surface area contributed by atoms with Crippen molar-refractivity contribution in [2.75, 3.05) is 13.7 Å². The Balaban J connectivity index is 1.02. The smallest absolute Gasteiger partial charge is 0.330 e. The molecule has 2 saturated heterocycles. The number of likely N-dealkylation sites (N-methyl/N-ethyl adjacent to an activating group) is 1. The third kappa shape index (κ3) is 20.2. The summed E-state index contributed by atoms with van der Waals surface area (Å²) in [6.07, 6.45) is -20.7. The number of aliphatic hydroxyl groups is 6. The summed E-state index contributed by atoms with van der Waals surface area (Å²) >= 11 is 20.9. The molecule has 7 amide bonds. The summed E-state index contributed by atoms with van der Waals surface area (Å²) in [5.74, 6) is -16.4. The number of carbonyl (C=O) groups excluding carboxylic acids is 7. The van der Waals surface area contributed by atoms with Crippen molar-refractivity contribution in [1.82, 2.24) is 42.5 Å². The van der Waals surface area contributed by atoms with E-state index in [-0.39, 0.29) is 71.4 Å². The van der Waals surface area contributed by atoms with Crippen molar-refractivity contribution in [1.29, 1.82) is 0 Å². The molecule has 7 aromatic carbocycles. The molecule has 22 atom stereocenters. The Hall–Kier alpha value is -10.6. The van der Waals surface area contributed by atoms with Crippen molar-refractivity contribution in [2.45, 2.75) is 207 Å². The predicted octanol–water partition coefficient (Wildman–Crippen LogP) is 5.16. The van der Waals surface area contributed by atoms with Crippen molar-refractivity contribution >= 4 is 82.1 Å². The van der Waals surface area contributed by atoms with Gasteiger partial charge in [0.15, 0.2) is 29.9 Å². The summed E-state index contributed by atoms with van der Waals surface area (Å²) in [4.78, 5) is 121. The summed E-state index contributed by atoms with van der Waals surface area (Å²) in [6, 6.07) is 15.0. The fraction of sp³-hybridized carbons (Fsp3) is 0.425. The quantitative estimate of drug-likeness (QED) is 0.0497. The number of amides is 7. The lowest BCUT2D eigenvalue weighted by Gasteiger charge is -2.48. The van der Waals surface area contributed by atoms with E-state index in [0.717, 1.165) is 65.2 Å². The van der Waals surface area contributed by atoms with Gasteiger partial charge in [0.1, 0.15) is 89.5 Å². The van der Waals surface area contributed by atoms with Crippen LogP contribution in [0.4, 0.5) is 0 Å². The topological polar surface area (TPSA) is 552 Å². The molecule has 7 heterocycles. The number of nitrogens with two attached hydrogens (primary N) is 2. The summed E-state index contributed by atoms with van der Waals surface area (Å²) in [7, 11) is 1.48. The number of rotatable bonds is 19. The number of aromatic hydroxyl groups is 3. The number of aliphatic carboxylic acids is 1. The van der Waals surface area contributed by atoms with Crippen LogP contribution in [0.25, 0.3) is 22.3 Å². The first kappa shape index (κ1) is 92.1. The molecule has 1 aliphatic carbocycles. The molecule has 0 spiro atoms. The zero-order chi connectivity index (χ0) is 90.3. The molecule has 7 aliphatic heterocycles. The molecule has 11 bridgehead atoms. The number of nitrogens with one attached hydrogen (secondary N) is 8. The van der Waals surface area contributed by atoms with Gasteiger partial charge in [-0.2, -0.15) is 0 Å². The number of phenolic OH excluding ortho intramolecular Hbond substituents is 3. The first-order valence-corrected chi connectivity index (χ1v) is 41.5. The van der Waals surface area contributed by atoms with Crippen LogP contribution < -0.4 is 68.2 Å². The van der Waals surface area contributed by atoms with Crippen molar-refractivity contribution in [2.24, 2.45) is 23.3 Å². The monoisotopic (exact) mass is 1790 g/mol. The maximum absolute atomic E-state index is 16.6. The highest BCUT2D eigenvalue weighted by Gasteiger charge is 2.53. The summed E-state index contributed by atoms with van der Waals surface area (Å²) < 4.78 is 47.0. The van der Waals surface area contributed by atoms with E-state index in [1.807, 2.05) is 50.2 Å². The van der Waals surface area contributed by atoms with Crippen molar-refractivity contribution in [3.8, 4) is 68.2 Å². The number of ether oxygens (including phenoxy) is 7. The van der Waals surface area contributed by atoms with Gasteiger partial charge >= 0.3 is 5.97 Å². The molecule has 8 aliphatic rings. The number of phenols is 3. The van der Waals surface area contributed by atoms with E-state index >= 15 is 24.0 Å². The summed E-state index contributed by atoms with van der Waals surface area (Å²) in [5, 5.41) is 138. The summed E-state index contributed by atoms with van der Waals surface area (Å²) in [6.45, 7) is 9.40. The van der Waals surface area contributed by atoms with Gasteiger partial charge in [0, 0.05) is 51.8 Å². The molecule has 125 heavy (non-hydrogen) atoms. The van der Waals surface area contributed by atoms with E-state index < -0.39 is 255 Å². The van der Waals surface area contributed by atoms with Crippen LogP contribution in [0.3, 0.4) is 0 Å². The number of carbonyl (C=O) groups is 8. The molecule has 3 fully saturated rings. The van der Waals surface area contributed by atoms with E-state index in [4.69, 9.17) is 79.4 Å². The Morgan fingerprint density at radius 2 is 1.27 bits per heavy atom. The fourth-order valence-electron chi connectivity index (χ4n) is 16.7. The third-order valence-corrected chi connectivity index (χ3v) is 24.2. The van der Waals surface area contributed by atoms with Crippen LogP contribution in [0.1, 0.15) is 137 Å². The van der Waals surface area contributed by atoms with Gasteiger partial charge in [-0.15, -0.1) is 0 Å². The lowest BCUT2D eigenvalue weighted by molar-refractivity contribution is -0.334. The number of primary amides is 1. The zero-order valence-corrected chi connectivity index (χ0v) is 70.9. The van der Waals surface area contributed by atoms with Gasteiger partial charge in [0.2, 0.25) is 53.4 Å². The number of aliphatic hydroxyl groups excluding tert-OH is 6. The number of hydrogen-bond acceptors (Lipinski definition) is 27. The van der Waals surface area contributed by atoms with E-state index in [1.165, 1.54) is 37.4 Å². The van der Waals surface area contributed by atoms with Crippen LogP contribution in [0.15, 0.2) is 127 Å². The van der Waals surface area contributed by atoms with E-state index in [1.54, 1.807) is 39.8 Å². The van der Waals surface area contributed by atoms with Crippen molar-refractivity contribution in [3.05, 3.63) is 176 Å². The molecular weight excluding hydrogens is 1690 g/mol. The molecule has 1 saturated carbocycles.